The summed E-state index contributed by atoms with van der Waals surface area (Å²) in [5.41, 5.74) is 2.23. The molecule has 0 bridgehead atoms. The Morgan fingerprint density at radius 3 is 2.71 bits per heavy atom. The zero-order valence-corrected chi connectivity index (χ0v) is 10.6. The standard InChI is InChI=1S/C11H11N5S/c1-7-8(2)14-15-10(9(7)6-12)17-11-13-4-5-16(11)3/h4-5H,1-3H3. The van der Waals surface area contributed by atoms with Crippen LogP contribution in [0.3, 0.4) is 0 Å². The van der Waals surface area contributed by atoms with Gasteiger partial charge in [0.15, 0.2) is 5.16 Å². The molecule has 0 saturated carbocycles. The van der Waals surface area contributed by atoms with Crippen molar-refractivity contribution in [3.63, 3.8) is 0 Å². The monoisotopic (exact) mass is 245 g/mol. The van der Waals surface area contributed by atoms with Crippen LogP contribution >= 0.6 is 11.8 Å². The summed E-state index contributed by atoms with van der Waals surface area (Å²) in [7, 11) is 1.90. The van der Waals surface area contributed by atoms with Crippen LogP contribution in [0.4, 0.5) is 0 Å². The van der Waals surface area contributed by atoms with Crippen molar-refractivity contribution in [2.75, 3.05) is 0 Å². The number of hydrogen-bond acceptors (Lipinski definition) is 5. The lowest BCUT2D eigenvalue weighted by molar-refractivity contribution is 0.784. The van der Waals surface area contributed by atoms with Gasteiger partial charge < -0.3 is 4.57 Å². The van der Waals surface area contributed by atoms with Gasteiger partial charge in [0.2, 0.25) is 0 Å². The maximum Gasteiger partial charge on any atom is 0.174 e. The lowest BCUT2D eigenvalue weighted by Gasteiger charge is -2.06. The lowest BCUT2D eigenvalue weighted by Crippen LogP contribution is -2.00. The van der Waals surface area contributed by atoms with Crippen LogP contribution in [-0.2, 0) is 7.05 Å². The van der Waals surface area contributed by atoms with E-state index in [4.69, 9.17) is 5.26 Å². The largest absolute Gasteiger partial charge is 0.329 e. The van der Waals surface area contributed by atoms with Crippen LogP contribution < -0.4 is 0 Å². The molecule has 0 saturated heterocycles. The van der Waals surface area contributed by atoms with Crippen LogP contribution in [0.25, 0.3) is 0 Å². The van der Waals surface area contributed by atoms with Gasteiger partial charge in [-0.2, -0.15) is 10.4 Å². The molecule has 0 unspecified atom stereocenters. The average Bonchev–Trinajstić information content (AvgIpc) is 2.70. The minimum absolute atomic E-state index is 0.575. The highest BCUT2D eigenvalue weighted by Crippen LogP contribution is 2.28. The summed E-state index contributed by atoms with van der Waals surface area (Å²) in [5.74, 6) is 0. The molecule has 6 heteroatoms. The summed E-state index contributed by atoms with van der Waals surface area (Å²) >= 11 is 1.35. The third-order valence-electron chi connectivity index (χ3n) is 2.50. The Labute approximate surface area is 104 Å². The van der Waals surface area contributed by atoms with Crippen molar-refractivity contribution in [2.45, 2.75) is 24.0 Å². The van der Waals surface area contributed by atoms with Gasteiger partial charge in [-0.1, -0.05) is 0 Å². The van der Waals surface area contributed by atoms with Crippen molar-refractivity contribution < 1.29 is 0 Å². The predicted molar refractivity (Wildman–Crippen MR) is 63.6 cm³/mol. The number of imidazole rings is 1. The van der Waals surface area contributed by atoms with Crippen LogP contribution in [0, 0.1) is 25.2 Å². The van der Waals surface area contributed by atoms with Crippen molar-refractivity contribution in [3.05, 3.63) is 29.2 Å². The average molecular weight is 245 g/mol. The normalized spacial score (nSPS) is 10.2. The highest BCUT2D eigenvalue weighted by molar-refractivity contribution is 7.99. The van der Waals surface area contributed by atoms with Gasteiger partial charge in [0.1, 0.15) is 11.1 Å². The molecule has 86 valence electrons. The van der Waals surface area contributed by atoms with E-state index in [-0.39, 0.29) is 0 Å². The van der Waals surface area contributed by atoms with E-state index in [1.807, 2.05) is 31.7 Å². The number of rotatable bonds is 2. The minimum Gasteiger partial charge on any atom is -0.329 e. The smallest absolute Gasteiger partial charge is 0.174 e. The highest BCUT2D eigenvalue weighted by atomic mass is 32.2. The van der Waals surface area contributed by atoms with E-state index in [0.29, 0.717) is 10.6 Å². The molecule has 0 amide bonds. The molecule has 0 atom stereocenters. The van der Waals surface area contributed by atoms with Crippen LogP contribution in [0.15, 0.2) is 22.6 Å². The van der Waals surface area contributed by atoms with Crippen molar-refractivity contribution in [1.82, 2.24) is 19.7 Å². The van der Waals surface area contributed by atoms with Gasteiger partial charge in [0.05, 0.1) is 11.3 Å². The van der Waals surface area contributed by atoms with Crippen LogP contribution in [0.2, 0.25) is 0 Å². The SMILES string of the molecule is Cc1nnc(Sc2nccn2C)c(C#N)c1C. The number of aryl methyl sites for hydroxylation is 2. The number of nitriles is 1. The molecule has 5 nitrogen and oxygen atoms in total. The molecule has 0 aliphatic rings. The Morgan fingerprint density at radius 2 is 2.12 bits per heavy atom. The zero-order chi connectivity index (χ0) is 12.4. The molecule has 0 aromatic carbocycles. The summed E-state index contributed by atoms with van der Waals surface area (Å²) < 4.78 is 1.88. The first-order chi connectivity index (χ1) is 8.13. The van der Waals surface area contributed by atoms with Crippen molar-refractivity contribution >= 4 is 11.8 Å². The van der Waals surface area contributed by atoms with Gasteiger partial charge in [0, 0.05) is 19.4 Å². The molecule has 2 heterocycles. The zero-order valence-electron chi connectivity index (χ0n) is 9.80. The summed E-state index contributed by atoms with van der Waals surface area (Å²) in [6, 6.07) is 2.18. The second-order valence-corrected chi connectivity index (χ2v) is 4.58. The van der Waals surface area contributed by atoms with Crippen LogP contribution in [-0.4, -0.2) is 19.7 Å². The Kier molecular flexibility index (Phi) is 3.11. The fourth-order valence-corrected chi connectivity index (χ4v) is 2.20. The molecule has 0 N–H and O–H groups in total. The first-order valence-electron chi connectivity index (χ1n) is 5.02. The number of hydrogen-bond donors (Lipinski definition) is 0. The van der Waals surface area contributed by atoms with Crippen molar-refractivity contribution in [2.24, 2.45) is 7.05 Å². The van der Waals surface area contributed by atoms with Gasteiger partial charge in [-0.15, -0.1) is 5.10 Å². The van der Waals surface area contributed by atoms with Gasteiger partial charge in [-0.05, 0) is 31.2 Å². The lowest BCUT2D eigenvalue weighted by atomic mass is 10.1. The molecule has 0 fully saturated rings. The molecule has 2 aromatic rings. The maximum atomic E-state index is 9.16. The van der Waals surface area contributed by atoms with E-state index in [2.05, 4.69) is 21.3 Å². The number of aromatic nitrogens is 4. The predicted octanol–water partition coefficient (Wildman–Crippen LogP) is 1.85. The maximum absolute atomic E-state index is 9.16. The van der Waals surface area contributed by atoms with E-state index in [0.717, 1.165) is 16.4 Å². The molecule has 2 aromatic heterocycles. The second-order valence-electron chi connectivity index (χ2n) is 3.63. The Morgan fingerprint density at radius 1 is 1.35 bits per heavy atom. The summed E-state index contributed by atoms with van der Waals surface area (Å²) in [5, 5.41) is 18.7. The molecule has 2 rings (SSSR count). The van der Waals surface area contributed by atoms with Gasteiger partial charge >= 0.3 is 0 Å². The van der Waals surface area contributed by atoms with Crippen LogP contribution in [0.1, 0.15) is 16.8 Å². The molecule has 0 radical (unpaired) electrons. The fraction of sp³-hybridized carbons (Fsp3) is 0.273. The first kappa shape index (κ1) is 11.6. The molecule has 17 heavy (non-hydrogen) atoms. The Hall–Kier alpha value is -1.87. The quantitative estimate of drug-likeness (QED) is 0.807. The van der Waals surface area contributed by atoms with Gasteiger partial charge in [-0.3, -0.25) is 0 Å². The second kappa shape index (κ2) is 4.55. The molecular weight excluding hydrogens is 234 g/mol. The molecular formula is C11H11N5S. The van der Waals surface area contributed by atoms with E-state index in [1.165, 1.54) is 11.8 Å². The fourth-order valence-electron chi connectivity index (χ4n) is 1.33. The van der Waals surface area contributed by atoms with Crippen LogP contribution in [0.5, 0.6) is 0 Å². The third-order valence-corrected chi connectivity index (χ3v) is 3.55. The molecule has 0 aliphatic carbocycles. The topological polar surface area (TPSA) is 67.4 Å². The minimum atomic E-state index is 0.575. The summed E-state index contributed by atoms with van der Waals surface area (Å²) in [4.78, 5) is 4.19. The first-order valence-corrected chi connectivity index (χ1v) is 5.84. The highest BCUT2D eigenvalue weighted by Gasteiger charge is 2.13. The van der Waals surface area contributed by atoms with E-state index in [1.54, 1.807) is 6.20 Å². The van der Waals surface area contributed by atoms with E-state index < -0.39 is 0 Å². The van der Waals surface area contributed by atoms with Crippen molar-refractivity contribution in [1.29, 1.82) is 5.26 Å². The third kappa shape index (κ3) is 2.15. The Bertz CT molecular complexity index is 596. The molecule has 0 spiro atoms. The molecule has 0 aliphatic heterocycles. The van der Waals surface area contributed by atoms with E-state index in [9.17, 15) is 0 Å². The van der Waals surface area contributed by atoms with E-state index >= 15 is 0 Å². The summed E-state index contributed by atoms with van der Waals surface area (Å²) in [6.45, 7) is 3.73. The summed E-state index contributed by atoms with van der Waals surface area (Å²) in [6.07, 6.45) is 3.56. The van der Waals surface area contributed by atoms with Crippen molar-refractivity contribution in [3.8, 4) is 6.07 Å². The van der Waals surface area contributed by atoms with Gasteiger partial charge in [0.25, 0.3) is 0 Å². The Balaban J connectivity index is 2.44. The number of nitrogens with zero attached hydrogens (tertiary/aromatic N) is 5. The van der Waals surface area contributed by atoms with Gasteiger partial charge in [-0.25, -0.2) is 4.98 Å².